The van der Waals surface area contributed by atoms with E-state index < -0.39 is 0 Å². The van der Waals surface area contributed by atoms with Crippen molar-refractivity contribution in [1.29, 1.82) is 0 Å². The lowest BCUT2D eigenvalue weighted by atomic mass is 10.0. The number of hydrogen-bond donors (Lipinski definition) is 2. The summed E-state index contributed by atoms with van der Waals surface area (Å²) in [5, 5.41) is 7.11. The fourth-order valence-electron chi connectivity index (χ4n) is 2.02. The maximum atomic E-state index is 3.64. The molecule has 0 saturated carbocycles. The van der Waals surface area contributed by atoms with Crippen LogP contribution in [-0.2, 0) is 0 Å². The molecule has 0 aromatic carbocycles. The first-order valence-corrected chi connectivity index (χ1v) is 6.29. The molecule has 0 aliphatic carbocycles. The summed E-state index contributed by atoms with van der Waals surface area (Å²) in [7, 11) is 0. The summed E-state index contributed by atoms with van der Waals surface area (Å²) in [5.74, 6) is 0.712. The first-order valence-electron chi connectivity index (χ1n) is 6.29. The molecule has 0 spiro atoms. The third kappa shape index (κ3) is 4.49. The van der Waals surface area contributed by atoms with E-state index in [1.54, 1.807) is 0 Å². The van der Waals surface area contributed by atoms with Crippen LogP contribution in [0.5, 0.6) is 0 Å². The Morgan fingerprint density at radius 1 is 1.07 bits per heavy atom. The average Bonchev–Trinajstić information content (AvgIpc) is 2.28. The summed E-state index contributed by atoms with van der Waals surface area (Å²) < 4.78 is 0. The molecule has 1 aliphatic rings. The van der Waals surface area contributed by atoms with Gasteiger partial charge in [0.2, 0.25) is 0 Å². The molecule has 3 nitrogen and oxygen atoms in total. The second kappa shape index (κ2) is 6.46. The summed E-state index contributed by atoms with van der Waals surface area (Å²) >= 11 is 0. The molecular formula is C12H27N3. The Morgan fingerprint density at radius 3 is 2.40 bits per heavy atom. The molecule has 1 fully saturated rings. The Morgan fingerprint density at radius 2 is 1.80 bits per heavy atom. The van der Waals surface area contributed by atoms with E-state index in [1.807, 2.05) is 0 Å². The normalized spacial score (nSPS) is 26.4. The second-order valence-corrected chi connectivity index (χ2v) is 5.14. The summed E-state index contributed by atoms with van der Waals surface area (Å²) in [4.78, 5) is 2.57. The minimum absolute atomic E-state index is 0.632. The SMILES string of the molecule is CC(C)C1CN(C(C)C)CCNCCN1. The fraction of sp³-hybridized carbons (Fsp3) is 1.00. The minimum Gasteiger partial charge on any atom is -0.314 e. The molecule has 1 unspecified atom stereocenters. The van der Waals surface area contributed by atoms with Gasteiger partial charge in [0, 0.05) is 44.8 Å². The van der Waals surface area contributed by atoms with E-state index in [2.05, 4.69) is 43.2 Å². The van der Waals surface area contributed by atoms with Crippen molar-refractivity contribution in [1.82, 2.24) is 15.5 Å². The van der Waals surface area contributed by atoms with Gasteiger partial charge >= 0.3 is 0 Å². The summed E-state index contributed by atoms with van der Waals surface area (Å²) in [6.45, 7) is 14.8. The van der Waals surface area contributed by atoms with Crippen LogP contribution in [0.4, 0.5) is 0 Å². The van der Waals surface area contributed by atoms with Crippen LogP contribution in [0.15, 0.2) is 0 Å². The Hall–Kier alpha value is -0.120. The van der Waals surface area contributed by atoms with E-state index in [0.29, 0.717) is 18.0 Å². The molecule has 3 heteroatoms. The highest BCUT2D eigenvalue weighted by molar-refractivity contribution is 4.79. The molecular weight excluding hydrogens is 186 g/mol. The van der Waals surface area contributed by atoms with Crippen molar-refractivity contribution >= 4 is 0 Å². The van der Waals surface area contributed by atoms with Crippen LogP contribution in [0.1, 0.15) is 27.7 Å². The number of rotatable bonds is 2. The summed E-state index contributed by atoms with van der Waals surface area (Å²) in [5.41, 5.74) is 0. The van der Waals surface area contributed by atoms with Gasteiger partial charge in [0.25, 0.3) is 0 Å². The van der Waals surface area contributed by atoms with Gasteiger partial charge in [-0.2, -0.15) is 0 Å². The van der Waals surface area contributed by atoms with E-state index in [4.69, 9.17) is 0 Å². The Balaban J connectivity index is 2.55. The van der Waals surface area contributed by atoms with Crippen molar-refractivity contribution in [3.63, 3.8) is 0 Å². The van der Waals surface area contributed by atoms with Crippen LogP contribution in [-0.4, -0.2) is 49.7 Å². The van der Waals surface area contributed by atoms with E-state index in [0.717, 1.165) is 19.6 Å². The Kier molecular flexibility index (Phi) is 5.58. The van der Waals surface area contributed by atoms with Gasteiger partial charge in [-0.1, -0.05) is 13.8 Å². The predicted octanol–water partition coefficient (Wildman–Crippen LogP) is 0.914. The van der Waals surface area contributed by atoms with Crippen molar-refractivity contribution in [2.75, 3.05) is 32.7 Å². The van der Waals surface area contributed by atoms with Gasteiger partial charge in [0.1, 0.15) is 0 Å². The lowest BCUT2D eigenvalue weighted by molar-refractivity contribution is 0.187. The molecule has 0 amide bonds. The largest absolute Gasteiger partial charge is 0.314 e. The van der Waals surface area contributed by atoms with Gasteiger partial charge in [-0.3, -0.25) is 4.90 Å². The van der Waals surface area contributed by atoms with Crippen molar-refractivity contribution in [3.05, 3.63) is 0 Å². The molecule has 2 N–H and O–H groups in total. The van der Waals surface area contributed by atoms with Crippen LogP contribution in [0.3, 0.4) is 0 Å². The second-order valence-electron chi connectivity index (χ2n) is 5.14. The van der Waals surface area contributed by atoms with E-state index >= 15 is 0 Å². The maximum Gasteiger partial charge on any atom is 0.0218 e. The predicted molar refractivity (Wildman–Crippen MR) is 66.2 cm³/mol. The zero-order chi connectivity index (χ0) is 11.3. The quantitative estimate of drug-likeness (QED) is 0.714. The zero-order valence-electron chi connectivity index (χ0n) is 10.7. The number of hydrogen-bond acceptors (Lipinski definition) is 3. The topological polar surface area (TPSA) is 27.3 Å². The lowest BCUT2D eigenvalue weighted by Gasteiger charge is -2.32. The standard InChI is InChI=1S/C12H27N3/c1-10(2)12-9-15(11(3)4)8-7-13-5-6-14-12/h10-14H,5-9H2,1-4H3. The van der Waals surface area contributed by atoms with Crippen LogP contribution in [0, 0.1) is 5.92 Å². The molecule has 1 atom stereocenters. The maximum absolute atomic E-state index is 3.64. The van der Waals surface area contributed by atoms with Gasteiger partial charge < -0.3 is 10.6 Å². The van der Waals surface area contributed by atoms with Gasteiger partial charge in [-0.05, 0) is 19.8 Å². The van der Waals surface area contributed by atoms with Crippen molar-refractivity contribution < 1.29 is 0 Å². The molecule has 0 aromatic heterocycles. The summed E-state index contributed by atoms with van der Waals surface area (Å²) in [6.07, 6.45) is 0. The molecule has 1 aliphatic heterocycles. The van der Waals surface area contributed by atoms with Gasteiger partial charge in [-0.25, -0.2) is 0 Å². The average molecular weight is 213 g/mol. The fourth-order valence-corrected chi connectivity index (χ4v) is 2.02. The highest BCUT2D eigenvalue weighted by atomic mass is 15.2. The molecule has 1 saturated heterocycles. The Labute approximate surface area is 94.6 Å². The van der Waals surface area contributed by atoms with Crippen LogP contribution < -0.4 is 10.6 Å². The molecule has 0 aromatic rings. The number of nitrogens with one attached hydrogen (secondary N) is 2. The third-order valence-corrected chi connectivity index (χ3v) is 3.25. The molecule has 0 bridgehead atoms. The summed E-state index contributed by atoms with van der Waals surface area (Å²) in [6, 6.07) is 1.28. The van der Waals surface area contributed by atoms with Crippen LogP contribution >= 0.6 is 0 Å². The van der Waals surface area contributed by atoms with Gasteiger partial charge in [0.05, 0.1) is 0 Å². The first kappa shape index (κ1) is 12.9. The Bertz CT molecular complexity index is 150. The van der Waals surface area contributed by atoms with Gasteiger partial charge in [-0.15, -0.1) is 0 Å². The zero-order valence-corrected chi connectivity index (χ0v) is 10.7. The minimum atomic E-state index is 0.632. The van der Waals surface area contributed by atoms with E-state index in [9.17, 15) is 0 Å². The van der Waals surface area contributed by atoms with Gasteiger partial charge in [0.15, 0.2) is 0 Å². The smallest absolute Gasteiger partial charge is 0.0218 e. The molecule has 1 heterocycles. The lowest BCUT2D eigenvalue weighted by Crippen LogP contribution is -2.46. The molecule has 0 radical (unpaired) electrons. The van der Waals surface area contributed by atoms with E-state index in [-0.39, 0.29) is 0 Å². The van der Waals surface area contributed by atoms with Crippen LogP contribution in [0.2, 0.25) is 0 Å². The molecule has 90 valence electrons. The van der Waals surface area contributed by atoms with E-state index in [1.165, 1.54) is 13.1 Å². The highest BCUT2D eigenvalue weighted by Gasteiger charge is 2.19. The number of nitrogens with zero attached hydrogens (tertiary/aromatic N) is 1. The molecule has 1 rings (SSSR count). The van der Waals surface area contributed by atoms with Crippen molar-refractivity contribution in [3.8, 4) is 0 Å². The van der Waals surface area contributed by atoms with Crippen LogP contribution in [0.25, 0.3) is 0 Å². The monoisotopic (exact) mass is 213 g/mol. The van der Waals surface area contributed by atoms with Crippen molar-refractivity contribution in [2.24, 2.45) is 5.92 Å². The first-order chi connectivity index (χ1) is 7.11. The third-order valence-electron chi connectivity index (χ3n) is 3.25. The van der Waals surface area contributed by atoms with Crippen molar-refractivity contribution in [2.45, 2.75) is 39.8 Å². The molecule has 15 heavy (non-hydrogen) atoms. The highest BCUT2D eigenvalue weighted by Crippen LogP contribution is 2.07.